The highest BCUT2D eigenvalue weighted by Gasteiger charge is 2.23. The van der Waals surface area contributed by atoms with Crippen molar-refractivity contribution in [3.05, 3.63) is 36.5 Å². The number of carbonyl (C=O) groups excluding carboxylic acids is 1. The highest BCUT2D eigenvalue weighted by Crippen LogP contribution is 2.38. The Kier molecular flexibility index (Phi) is 42.1. The molecule has 8 nitrogen and oxygen atoms in total. The topological polar surface area (TPSA) is 108 Å². The molecule has 0 aromatic heterocycles. The molecule has 3 unspecified atom stereocenters. The molecule has 0 spiro atoms. The van der Waals surface area contributed by atoms with Gasteiger partial charge in [-0.1, -0.05) is 217 Å². The maximum Gasteiger partial charge on any atom is 0.268 e. The van der Waals surface area contributed by atoms with E-state index in [0.717, 1.165) is 51.4 Å². The number of phosphoric acid groups is 1. The van der Waals surface area contributed by atoms with E-state index in [0.29, 0.717) is 17.4 Å². The van der Waals surface area contributed by atoms with Crippen molar-refractivity contribution in [3.63, 3.8) is 0 Å². The first-order valence-electron chi connectivity index (χ1n) is 25.4. The number of amides is 1. The van der Waals surface area contributed by atoms with Crippen LogP contribution in [-0.2, 0) is 18.4 Å². The van der Waals surface area contributed by atoms with Gasteiger partial charge < -0.3 is 28.8 Å². The van der Waals surface area contributed by atoms with Gasteiger partial charge in [-0.05, 0) is 44.9 Å². The van der Waals surface area contributed by atoms with Gasteiger partial charge in [0, 0.05) is 6.42 Å². The molecule has 0 aliphatic carbocycles. The average molecular weight is 867 g/mol. The number of nitrogens with zero attached hydrogens (tertiary/aromatic N) is 1. The first-order valence-corrected chi connectivity index (χ1v) is 26.8. The lowest BCUT2D eigenvalue weighted by Crippen LogP contribution is -2.45. The number of allylic oxidation sites excluding steroid dienone is 5. The molecule has 0 saturated heterocycles. The number of aliphatic hydroxyl groups is 1. The Bertz CT molecular complexity index is 1070. The standard InChI is InChI=1S/C51H99N2O6P/c1-6-8-10-12-14-16-18-20-22-24-25-26-27-29-31-33-35-37-39-41-43-45-51(55)52-49(48-59-60(56,57)58-47-46-53(3,4)5)50(54)44-42-40-38-36-34-32-30-28-23-21-19-17-15-13-11-9-7-2/h8,10,14,16,42,44,49-50,54H,6-7,9,11-13,15,17-41,43,45-48H2,1-5H3,(H-,52,55,56,57)/b10-8-,16-14-,44-42+. The predicted molar refractivity (Wildman–Crippen MR) is 256 cm³/mol. The van der Waals surface area contributed by atoms with Crippen LogP contribution in [0.4, 0.5) is 0 Å². The highest BCUT2D eigenvalue weighted by atomic mass is 31.2. The van der Waals surface area contributed by atoms with Gasteiger partial charge in [-0.25, -0.2) is 0 Å². The molecule has 0 bridgehead atoms. The van der Waals surface area contributed by atoms with Crippen LogP contribution in [0.2, 0.25) is 0 Å². The van der Waals surface area contributed by atoms with Gasteiger partial charge in [0.15, 0.2) is 0 Å². The fourth-order valence-corrected chi connectivity index (χ4v) is 8.09. The van der Waals surface area contributed by atoms with Gasteiger partial charge in [-0.15, -0.1) is 0 Å². The molecule has 0 heterocycles. The highest BCUT2D eigenvalue weighted by molar-refractivity contribution is 7.45. The lowest BCUT2D eigenvalue weighted by atomic mass is 10.0. The summed E-state index contributed by atoms with van der Waals surface area (Å²) in [5.74, 6) is -0.197. The minimum atomic E-state index is -4.59. The smallest absolute Gasteiger partial charge is 0.268 e. The summed E-state index contributed by atoms with van der Waals surface area (Å²) >= 11 is 0. The van der Waals surface area contributed by atoms with Crippen LogP contribution in [0, 0.1) is 0 Å². The number of hydrogen-bond acceptors (Lipinski definition) is 6. The number of carbonyl (C=O) groups is 1. The van der Waals surface area contributed by atoms with E-state index in [1.54, 1.807) is 6.08 Å². The van der Waals surface area contributed by atoms with Gasteiger partial charge in [-0.3, -0.25) is 9.36 Å². The van der Waals surface area contributed by atoms with Crippen molar-refractivity contribution >= 4 is 13.7 Å². The summed E-state index contributed by atoms with van der Waals surface area (Å²) in [5.41, 5.74) is 0. The molecule has 0 radical (unpaired) electrons. The van der Waals surface area contributed by atoms with E-state index >= 15 is 0 Å². The molecule has 0 aromatic carbocycles. The average Bonchev–Trinajstić information content (AvgIpc) is 3.20. The lowest BCUT2D eigenvalue weighted by Gasteiger charge is -2.29. The maximum atomic E-state index is 12.9. The maximum absolute atomic E-state index is 12.9. The fourth-order valence-electron chi connectivity index (χ4n) is 7.37. The van der Waals surface area contributed by atoms with Crippen LogP contribution in [0.15, 0.2) is 36.5 Å². The molecule has 0 fully saturated rings. The molecule has 0 aromatic rings. The largest absolute Gasteiger partial charge is 0.756 e. The lowest BCUT2D eigenvalue weighted by molar-refractivity contribution is -0.870. The van der Waals surface area contributed by atoms with E-state index in [2.05, 4.69) is 43.5 Å². The van der Waals surface area contributed by atoms with Gasteiger partial charge in [0.25, 0.3) is 7.82 Å². The van der Waals surface area contributed by atoms with Crippen LogP contribution in [0.25, 0.3) is 0 Å². The predicted octanol–water partition coefficient (Wildman–Crippen LogP) is 14.0. The van der Waals surface area contributed by atoms with Crippen LogP contribution >= 0.6 is 7.82 Å². The van der Waals surface area contributed by atoms with E-state index in [9.17, 15) is 19.4 Å². The zero-order valence-electron chi connectivity index (χ0n) is 40.2. The molecule has 60 heavy (non-hydrogen) atoms. The second-order valence-electron chi connectivity index (χ2n) is 18.5. The zero-order chi connectivity index (χ0) is 44.3. The van der Waals surface area contributed by atoms with Crippen LogP contribution < -0.4 is 10.2 Å². The molecule has 0 aliphatic rings. The Morgan fingerprint density at radius 3 is 1.47 bits per heavy atom. The minimum Gasteiger partial charge on any atom is -0.756 e. The number of likely N-dealkylation sites (N-methyl/N-ethyl adjacent to an activating group) is 1. The Labute approximate surface area is 372 Å². The Morgan fingerprint density at radius 2 is 1.02 bits per heavy atom. The number of quaternary nitrogens is 1. The molecule has 354 valence electrons. The summed E-state index contributed by atoms with van der Waals surface area (Å²) in [4.78, 5) is 25.4. The minimum absolute atomic E-state index is 0.000302. The van der Waals surface area contributed by atoms with Gasteiger partial charge >= 0.3 is 0 Å². The Hall–Kier alpha value is -1.28. The van der Waals surface area contributed by atoms with Crippen molar-refractivity contribution in [3.8, 4) is 0 Å². The fraction of sp³-hybridized carbons (Fsp3) is 0.863. The molecule has 9 heteroatoms. The molecule has 3 atom stereocenters. The summed E-state index contributed by atoms with van der Waals surface area (Å²) in [6.45, 7) is 4.56. The second-order valence-corrected chi connectivity index (χ2v) is 19.9. The Balaban J connectivity index is 4.29. The van der Waals surface area contributed by atoms with Gasteiger partial charge in [-0.2, -0.15) is 0 Å². The van der Waals surface area contributed by atoms with Crippen LogP contribution in [0.3, 0.4) is 0 Å². The molecule has 0 saturated carbocycles. The summed E-state index contributed by atoms with van der Waals surface area (Å²) in [5, 5.41) is 13.8. The Morgan fingerprint density at radius 1 is 0.600 bits per heavy atom. The van der Waals surface area contributed by atoms with Gasteiger partial charge in [0.2, 0.25) is 5.91 Å². The number of rotatable bonds is 46. The third-order valence-corrected chi connectivity index (χ3v) is 12.3. The van der Waals surface area contributed by atoms with Crippen molar-refractivity contribution in [1.29, 1.82) is 0 Å². The third kappa shape index (κ3) is 44.8. The van der Waals surface area contributed by atoms with E-state index < -0.39 is 20.0 Å². The third-order valence-electron chi connectivity index (χ3n) is 11.4. The van der Waals surface area contributed by atoms with Crippen molar-refractivity contribution in [2.45, 2.75) is 244 Å². The van der Waals surface area contributed by atoms with Crippen LogP contribution in [0.1, 0.15) is 232 Å². The number of nitrogens with one attached hydrogen (secondary N) is 1. The van der Waals surface area contributed by atoms with Crippen LogP contribution in [0.5, 0.6) is 0 Å². The van der Waals surface area contributed by atoms with Crippen molar-refractivity contribution in [2.24, 2.45) is 0 Å². The van der Waals surface area contributed by atoms with Gasteiger partial charge in [0.1, 0.15) is 13.2 Å². The molecule has 0 rings (SSSR count). The van der Waals surface area contributed by atoms with Crippen LogP contribution in [-0.4, -0.2) is 68.5 Å². The normalized spacial score (nSPS) is 14.4. The number of unbranched alkanes of at least 4 members (excludes halogenated alkanes) is 29. The molecule has 0 aliphatic heterocycles. The van der Waals surface area contributed by atoms with Crippen molar-refractivity contribution < 1.29 is 32.9 Å². The SMILES string of the molecule is CC/C=C\C/C=C\CCCCCCCCCCCCCCCCC(=O)NC(COP(=O)([O-])OCC[N+](C)(C)C)C(O)/C=C/CCCCCCCCCCCCCCCCC. The number of hydrogen-bond donors (Lipinski definition) is 2. The first kappa shape index (κ1) is 58.7. The summed E-state index contributed by atoms with van der Waals surface area (Å²) in [6, 6.07) is -0.885. The monoisotopic (exact) mass is 867 g/mol. The van der Waals surface area contributed by atoms with Crippen molar-refractivity contribution in [2.75, 3.05) is 40.9 Å². The number of aliphatic hydroxyl groups excluding tert-OH is 1. The molecular weight excluding hydrogens is 768 g/mol. The van der Waals surface area contributed by atoms with E-state index in [1.165, 1.54) is 161 Å². The molecular formula is C51H99N2O6P. The number of phosphoric ester groups is 1. The van der Waals surface area contributed by atoms with E-state index in [1.807, 2.05) is 27.2 Å². The van der Waals surface area contributed by atoms with E-state index in [4.69, 9.17) is 9.05 Å². The molecule has 2 N–H and O–H groups in total. The van der Waals surface area contributed by atoms with Crippen molar-refractivity contribution in [1.82, 2.24) is 5.32 Å². The summed E-state index contributed by atoms with van der Waals surface area (Å²) in [7, 11) is 1.27. The first-order chi connectivity index (χ1) is 29.0. The van der Waals surface area contributed by atoms with E-state index in [-0.39, 0.29) is 19.1 Å². The summed E-state index contributed by atoms with van der Waals surface area (Å²) < 4.78 is 23.3. The quantitative estimate of drug-likeness (QED) is 0.0273. The summed E-state index contributed by atoms with van der Waals surface area (Å²) in [6.07, 6.45) is 53.4. The second kappa shape index (κ2) is 43.0. The molecule has 1 amide bonds. The van der Waals surface area contributed by atoms with Gasteiger partial charge in [0.05, 0.1) is 39.9 Å². The zero-order valence-corrected chi connectivity index (χ0v) is 41.1.